The summed E-state index contributed by atoms with van der Waals surface area (Å²) >= 11 is 3.34. The van der Waals surface area contributed by atoms with Crippen LogP contribution < -0.4 is 0 Å². The number of halogens is 1. The number of hydrogen-bond donors (Lipinski definition) is 0. The maximum atomic E-state index is 11.5. The van der Waals surface area contributed by atoms with Crippen LogP contribution in [0.25, 0.3) is 0 Å². The van der Waals surface area contributed by atoms with E-state index >= 15 is 0 Å². The molecule has 2 nitrogen and oxygen atoms in total. The minimum Gasteiger partial charge on any atom is -0.228 e. The van der Waals surface area contributed by atoms with Crippen molar-refractivity contribution in [2.45, 2.75) is 19.1 Å². The summed E-state index contributed by atoms with van der Waals surface area (Å²) in [5.41, 5.74) is 0.834. The molecular weight excluding hydrogens is 264 g/mol. The Labute approximate surface area is 93.4 Å². The molecule has 0 N–H and O–H groups in total. The topological polar surface area (TPSA) is 34.1 Å². The first kappa shape index (κ1) is 11.7. The highest BCUT2D eigenvalue weighted by atomic mass is 79.9. The van der Waals surface area contributed by atoms with Gasteiger partial charge in [0.15, 0.2) is 9.84 Å². The fourth-order valence-corrected chi connectivity index (χ4v) is 3.34. The zero-order valence-electron chi connectivity index (χ0n) is 8.03. The first-order valence-electron chi connectivity index (χ1n) is 4.49. The highest BCUT2D eigenvalue weighted by molar-refractivity contribution is 9.10. The molecule has 0 aromatic heterocycles. The Morgan fingerprint density at radius 1 is 1.29 bits per heavy atom. The van der Waals surface area contributed by atoms with Gasteiger partial charge in [0.1, 0.15) is 0 Å². The van der Waals surface area contributed by atoms with Gasteiger partial charge in [0, 0.05) is 4.47 Å². The summed E-state index contributed by atoms with van der Waals surface area (Å²) in [6.07, 6.45) is 0.673. The zero-order chi connectivity index (χ0) is 10.6. The first-order valence-corrected chi connectivity index (χ1v) is 7.10. The average molecular weight is 277 g/mol. The second-order valence-electron chi connectivity index (χ2n) is 3.18. The molecule has 0 heterocycles. The predicted octanol–water partition coefficient (Wildman–Crippen LogP) is 2.77. The Bertz CT molecular complexity index is 398. The molecule has 4 heteroatoms. The largest absolute Gasteiger partial charge is 0.228 e. The Morgan fingerprint density at radius 2 is 1.93 bits per heavy atom. The summed E-state index contributed by atoms with van der Waals surface area (Å²) in [7, 11) is -2.94. The van der Waals surface area contributed by atoms with Gasteiger partial charge in [-0.15, -0.1) is 0 Å². The molecule has 78 valence electrons. The maximum Gasteiger partial charge on any atom is 0.154 e. The van der Waals surface area contributed by atoms with Gasteiger partial charge in [0.05, 0.1) is 11.5 Å². The summed E-state index contributed by atoms with van der Waals surface area (Å²) in [6, 6.07) is 7.41. The molecular formula is C10H13BrO2S. The van der Waals surface area contributed by atoms with Crippen molar-refractivity contribution in [3.05, 3.63) is 34.3 Å². The van der Waals surface area contributed by atoms with E-state index in [1.807, 2.05) is 31.2 Å². The van der Waals surface area contributed by atoms with Crippen molar-refractivity contribution in [3.8, 4) is 0 Å². The van der Waals surface area contributed by atoms with Gasteiger partial charge in [-0.1, -0.05) is 41.1 Å². The number of sulfone groups is 1. The van der Waals surface area contributed by atoms with Crippen LogP contribution in [0.2, 0.25) is 0 Å². The normalized spacial score (nSPS) is 11.6. The molecule has 0 saturated heterocycles. The summed E-state index contributed by atoms with van der Waals surface area (Å²) in [5.74, 6) is 0.386. The Balaban J connectivity index is 2.84. The van der Waals surface area contributed by atoms with Gasteiger partial charge < -0.3 is 0 Å². The highest BCUT2D eigenvalue weighted by Crippen LogP contribution is 2.18. The van der Waals surface area contributed by atoms with Gasteiger partial charge in [-0.2, -0.15) is 0 Å². The Kier molecular flexibility index (Phi) is 4.13. The summed E-state index contributed by atoms with van der Waals surface area (Å²) in [5, 5.41) is 0. The van der Waals surface area contributed by atoms with Crippen molar-refractivity contribution in [2.24, 2.45) is 0 Å². The minimum absolute atomic E-state index is 0.127. The molecule has 0 unspecified atom stereocenters. The van der Waals surface area contributed by atoms with E-state index in [9.17, 15) is 8.42 Å². The third-order valence-electron chi connectivity index (χ3n) is 1.85. The second-order valence-corrected chi connectivity index (χ2v) is 6.22. The lowest BCUT2D eigenvalue weighted by molar-refractivity contribution is 0.594. The lowest BCUT2D eigenvalue weighted by atomic mass is 10.2. The van der Waals surface area contributed by atoms with E-state index < -0.39 is 9.84 Å². The van der Waals surface area contributed by atoms with E-state index in [0.29, 0.717) is 6.42 Å². The van der Waals surface area contributed by atoms with Crippen LogP contribution in [0.5, 0.6) is 0 Å². The molecule has 0 fully saturated rings. The van der Waals surface area contributed by atoms with Crippen molar-refractivity contribution in [1.82, 2.24) is 0 Å². The van der Waals surface area contributed by atoms with Crippen molar-refractivity contribution in [2.75, 3.05) is 5.75 Å². The molecule has 0 bridgehead atoms. The van der Waals surface area contributed by atoms with Crippen LogP contribution in [0, 0.1) is 0 Å². The number of rotatable bonds is 4. The van der Waals surface area contributed by atoms with Crippen molar-refractivity contribution < 1.29 is 8.42 Å². The van der Waals surface area contributed by atoms with Crippen LogP contribution in [0.1, 0.15) is 18.9 Å². The van der Waals surface area contributed by atoms with Crippen molar-refractivity contribution >= 4 is 25.8 Å². The van der Waals surface area contributed by atoms with E-state index in [1.165, 1.54) is 0 Å². The molecule has 0 aliphatic heterocycles. The minimum atomic E-state index is -2.94. The predicted molar refractivity (Wildman–Crippen MR) is 61.9 cm³/mol. The smallest absolute Gasteiger partial charge is 0.154 e. The van der Waals surface area contributed by atoms with E-state index in [0.717, 1.165) is 10.0 Å². The van der Waals surface area contributed by atoms with Crippen LogP contribution in [0.15, 0.2) is 28.7 Å². The van der Waals surface area contributed by atoms with E-state index in [1.54, 1.807) is 0 Å². The third kappa shape index (κ3) is 3.42. The van der Waals surface area contributed by atoms with Gasteiger partial charge in [0.25, 0.3) is 0 Å². The molecule has 1 aromatic carbocycles. The maximum absolute atomic E-state index is 11.5. The summed E-state index contributed by atoms with van der Waals surface area (Å²) in [4.78, 5) is 0. The molecule has 0 amide bonds. The fourth-order valence-electron chi connectivity index (χ4n) is 1.24. The monoisotopic (exact) mass is 276 g/mol. The Hall–Kier alpha value is -0.350. The summed E-state index contributed by atoms with van der Waals surface area (Å²) < 4.78 is 23.9. The SMILES string of the molecule is CCCS(=O)(=O)Cc1ccccc1Br. The van der Waals surface area contributed by atoms with Crippen molar-refractivity contribution in [3.63, 3.8) is 0 Å². The fraction of sp³-hybridized carbons (Fsp3) is 0.400. The van der Waals surface area contributed by atoms with Crippen LogP contribution in [-0.4, -0.2) is 14.2 Å². The molecule has 14 heavy (non-hydrogen) atoms. The van der Waals surface area contributed by atoms with E-state index in [4.69, 9.17) is 0 Å². The number of benzene rings is 1. The molecule has 0 radical (unpaired) electrons. The molecule has 0 aliphatic carbocycles. The van der Waals surface area contributed by atoms with Gasteiger partial charge in [0.2, 0.25) is 0 Å². The van der Waals surface area contributed by atoms with Crippen LogP contribution in [0.3, 0.4) is 0 Å². The second kappa shape index (κ2) is 4.94. The Morgan fingerprint density at radius 3 is 2.50 bits per heavy atom. The molecule has 0 aliphatic rings. The van der Waals surface area contributed by atoms with Crippen LogP contribution >= 0.6 is 15.9 Å². The van der Waals surface area contributed by atoms with Gasteiger partial charge >= 0.3 is 0 Å². The molecule has 0 saturated carbocycles. The van der Waals surface area contributed by atoms with Crippen molar-refractivity contribution in [1.29, 1.82) is 0 Å². The molecule has 1 aromatic rings. The quantitative estimate of drug-likeness (QED) is 0.848. The van der Waals surface area contributed by atoms with Crippen LogP contribution in [0.4, 0.5) is 0 Å². The number of hydrogen-bond acceptors (Lipinski definition) is 2. The molecule has 0 spiro atoms. The van der Waals surface area contributed by atoms with Gasteiger partial charge in [-0.3, -0.25) is 0 Å². The molecule has 1 rings (SSSR count). The van der Waals surface area contributed by atoms with Gasteiger partial charge in [-0.05, 0) is 18.1 Å². The zero-order valence-corrected chi connectivity index (χ0v) is 10.4. The lowest BCUT2D eigenvalue weighted by Crippen LogP contribution is -2.08. The molecule has 0 atom stereocenters. The van der Waals surface area contributed by atoms with Crippen LogP contribution in [-0.2, 0) is 15.6 Å². The highest BCUT2D eigenvalue weighted by Gasteiger charge is 2.11. The van der Waals surface area contributed by atoms with E-state index in [-0.39, 0.29) is 11.5 Å². The van der Waals surface area contributed by atoms with Gasteiger partial charge in [-0.25, -0.2) is 8.42 Å². The lowest BCUT2D eigenvalue weighted by Gasteiger charge is -2.04. The standard InChI is InChI=1S/C10H13BrO2S/c1-2-7-14(12,13)8-9-5-3-4-6-10(9)11/h3-6H,2,7-8H2,1H3. The van der Waals surface area contributed by atoms with E-state index in [2.05, 4.69) is 15.9 Å². The first-order chi connectivity index (χ1) is 6.55. The average Bonchev–Trinajstić information content (AvgIpc) is 2.08. The summed E-state index contributed by atoms with van der Waals surface area (Å²) in [6.45, 7) is 1.87. The third-order valence-corrected chi connectivity index (χ3v) is 4.40.